The molecule has 1 heterocycles. The zero-order valence-corrected chi connectivity index (χ0v) is 8.21. The van der Waals surface area contributed by atoms with Gasteiger partial charge in [-0.1, -0.05) is 6.07 Å². The van der Waals surface area contributed by atoms with Crippen LogP contribution in [0.4, 0.5) is 0 Å². The lowest BCUT2D eigenvalue weighted by atomic mass is 10.3. The normalized spacial score (nSPS) is 9.75. The van der Waals surface area contributed by atoms with Crippen molar-refractivity contribution in [2.45, 2.75) is 11.1 Å². The number of carbonyl (C=O) groups is 2. The molecular weight excluding hydrogens is 192 g/mol. The molecule has 12 heavy (non-hydrogen) atoms. The van der Waals surface area contributed by atoms with Crippen molar-refractivity contribution in [2.24, 2.45) is 0 Å². The van der Waals surface area contributed by atoms with Crippen LogP contribution in [-0.4, -0.2) is 17.3 Å². The first kappa shape index (κ1) is 9.48. The van der Waals surface area contributed by atoms with Crippen LogP contribution in [-0.2, 0) is 9.59 Å². The van der Waals surface area contributed by atoms with Gasteiger partial charge in [0.15, 0.2) is 5.78 Å². The minimum absolute atomic E-state index is 0.260. The number of hydrogen-bond acceptors (Lipinski definition) is 4. The van der Waals surface area contributed by atoms with E-state index < -0.39 is 0 Å². The second-order valence-corrected chi connectivity index (χ2v) is 4.42. The fraction of sp³-hybridized carbons (Fsp3) is 0.250. The van der Waals surface area contributed by atoms with E-state index in [4.69, 9.17) is 0 Å². The molecule has 0 saturated heterocycles. The van der Waals surface area contributed by atoms with Gasteiger partial charge in [-0.05, 0) is 11.4 Å². The Labute approximate surface area is 79.0 Å². The SMILES string of the molecule is CC(=O)C(=O)CSc1cccs1. The van der Waals surface area contributed by atoms with Gasteiger partial charge >= 0.3 is 0 Å². The van der Waals surface area contributed by atoms with Crippen LogP contribution in [0.15, 0.2) is 21.7 Å². The first-order chi connectivity index (χ1) is 5.70. The molecule has 4 heteroatoms. The van der Waals surface area contributed by atoms with Crippen molar-refractivity contribution in [3.8, 4) is 0 Å². The van der Waals surface area contributed by atoms with Crippen molar-refractivity contribution in [3.63, 3.8) is 0 Å². The van der Waals surface area contributed by atoms with Gasteiger partial charge < -0.3 is 0 Å². The highest BCUT2D eigenvalue weighted by Crippen LogP contribution is 2.22. The minimum atomic E-state index is -0.362. The van der Waals surface area contributed by atoms with E-state index in [2.05, 4.69) is 0 Å². The fourth-order valence-corrected chi connectivity index (χ4v) is 2.30. The maximum absolute atomic E-state index is 10.9. The molecule has 0 aromatic carbocycles. The Morgan fingerprint density at radius 3 is 2.83 bits per heavy atom. The second-order valence-electron chi connectivity index (χ2n) is 2.20. The summed E-state index contributed by atoms with van der Waals surface area (Å²) in [5.74, 6) is -0.414. The lowest BCUT2D eigenvalue weighted by Gasteiger charge is -1.93. The van der Waals surface area contributed by atoms with Gasteiger partial charge in [0.1, 0.15) is 0 Å². The molecule has 0 fully saturated rings. The van der Waals surface area contributed by atoms with Crippen LogP contribution in [0, 0.1) is 0 Å². The molecule has 2 nitrogen and oxygen atoms in total. The Morgan fingerprint density at radius 1 is 1.58 bits per heavy atom. The monoisotopic (exact) mass is 200 g/mol. The molecule has 1 aromatic rings. The molecule has 0 unspecified atom stereocenters. The van der Waals surface area contributed by atoms with Gasteiger partial charge in [-0.15, -0.1) is 23.1 Å². The topological polar surface area (TPSA) is 34.1 Å². The van der Waals surface area contributed by atoms with Crippen molar-refractivity contribution in [2.75, 3.05) is 5.75 Å². The summed E-state index contributed by atoms with van der Waals surface area (Å²) in [6, 6.07) is 3.86. The Balaban J connectivity index is 2.37. The molecule has 0 atom stereocenters. The number of carbonyl (C=O) groups excluding carboxylic acids is 2. The van der Waals surface area contributed by atoms with Crippen LogP contribution in [0.3, 0.4) is 0 Å². The van der Waals surface area contributed by atoms with Crippen molar-refractivity contribution < 1.29 is 9.59 Å². The average molecular weight is 200 g/mol. The number of Topliss-reactive ketones (excluding diaryl/α,β-unsaturated/α-hetero) is 2. The largest absolute Gasteiger partial charge is 0.291 e. The molecule has 0 aliphatic rings. The first-order valence-electron chi connectivity index (χ1n) is 3.40. The van der Waals surface area contributed by atoms with Gasteiger partial charge in [-0.3, -0.25) is 9.59 Å². The van der Waals surface area contributed by atoms with Gasteiger partial charge in [0.05, 0.1) is 9.96 Å². The lowest BCUT2D eigenvalue weighted by Crippen LogP contribution is -2.11. The average Bonchev–Trinajstić information content (AvgIpc) is 2.51. The van der Waals surface area contributed by atoms with E-state index in [9.17, 15) is 9.59 Å². The molecule has 0 aliphatic carbocycles. The van der Waals surface area contributed by atoms with Crippen LogP contribution in [0.25, 0.3) is 0 Å². The molecule has 1 aromatic heterocycles. The second kappa shape index (κ2) is 4.42. The quantitative estimate of drug-likeness (QED) is 0.550. The smallest absolute Gasteiger partial charge is 0.208 e. The number of rotatable bonds is 4. The highest BCUT2D eigenvalue weighted by atomic mass is 32.2. The molecule has 64 valence electrons. The summed E-state index contributed by atoms with van der Waals surface area (Å²) >= 11 is 2.99. The summed E-state index contributed by atoms with van der Waals surface area (Å²) in [4.78, 5) is 21.4. The molecule has 0 N–H and O–H groups in total. The molecule has 0 saturated carbocycles. The number of thiophene rings is 1. The summed E-state index contributed by atoms with van der Waals surface area (Å²) in [6.07, 6.45) is 0. The molecule has 0 radical (unpaired) electrons. The summed E-state index contributed by atoms with van der Waals surface area (Å²) in [6.45, 7) is 1.30. The van der Waals surface area contributed by atoms with Crippen LogP contribution in [0.2, 0.25) is 0 Å². The molecule has 0 bridgehead atoms. The van der Waals surface area contributed by atoms with E-state index >= 15 is 0 Å². The van der Waals surface area contributed by atoms with Crippen molar-refractivity contribution in [3.05, 3.63) is 17.5 Å². The lowest BCUT2D eigenvalue weighted by molar-refractivity contribution is -0.133. The molecule has 0 amide bonds. The predicted molar refractivity (Wildman–Crippen MR) is 50.7 cm³/mol. The van der Waals surface area contributed by atoms with Gasteiger partial charge in [-0.25, -0.2) is 0 Å². The zero-order chi connectivity index (χ0) is 8.97. The van der Waals surface area contributed by atoms with Crippen LogP contribution < -0.4 is 0 Å². The maximum Gasteiger partial charge on any atom is 0.208 e. The fourth-order valence-electron chi connectivity index (χ4n) is 0.584. The van der Waals surface area contributed by atoms with Crippen molar-refractivity contribution >= 4 is 34.7 Å². The Morgan fingerprint density at radius 2 is 2.33 bits per heavy atom. The Bertz CT molecular complexity index is 277. The van der Waals surface area contributed by atoms with Crippen LogP contribution in [0.1, 0.15) is 6.92 Å². The molecular formula is C8H8O2S2. The number of hydrogen-bond donors (Lipinski definition) is 0. The third-order valence-electron chi connectivity index (χ3n) is 1.23. The third-order valence-corrected chi connectivity index (χ3v) is 3.36. The van der Waals surface area contributed by atoms with Gasteiger partial charge in [0.25, 0.3) is 0 Å². The van der Waals surface area contributed by atoms with E-state index in [0.29, 0.717) is 0 Å². The summed E-state index contributed by atoms with van der Waals surface area (Å²) in [5.41, 5.74) is 0. The summed E-state index contributed by atoms with van der Waals surface area (Å²) < 4.78 is 1.07. The standard InChI is InChI=1S/C8H8O2S2/c1-6(9)7(10)5-12-8-3-2-4-11-8/h2-4H,5H2,1H3. The van der Waals surface area contributed by atoms with E-state index in [1.54, 1.807) is 11.3 Å². The Kier molecular flexibility index (Phi) is 3.49. The number of thioether (sulfide) groups is 1. The molecule has 1 rings (SSSR count). The maximum atomic E-state index is 10.9. The van der Waals surface area contributed by atoms with E-state index in [0.717, 1.165) is 4.21 Å². The molecule has 0 spiro atoms. The minimum Gasteiger partial charge on any atom is -0.291 e. The summed E-state index contributed by atoms with van der Waals surface area (Å²) in [5, 5.41) is 1.95. The molecule has 0 aliphatic heterocycles. The van der Waals surface area contributed by atoms with Crippen LogP contribution >= 0.6 is 23.1 Å². The van der Waals surface area contributed by atoms with Gasteiger partial charge in [0, 0.05) is 6.92 Å². The van der Waals surface area contributed by atoms with Gasteiger partial charge in [0.2, 0.25) is 5.78 Å². The van der Waals surface area contributed by atoms with Crippen molar-refractivity contribution in [1.29, 1.82) is 0 Å². The number of ketones is 2. The first-order valence-corrected chi connectivity index (χ1v) is 5.27. The highest BCUT2D eigenvalue weighted by molar-refractivity contribution is 8.01. The Hall–Kier alpha value is -0.610. The third kappa shape index (κ3) is 2.79. The highest BCUT2D eigenvalue weighted by Gasteiger charge is 2.07. The predicted octanol–water partition coefficient (Wildman–Crippen LogP) is 2.00. The van der Waals surface area contributed by atoms with E-state index in [1.807, 2.05) is 17.5 Å². The zero-order valence-electron chi connectivity index (χ0n) is 6.57. The van der Waals surface area contributed by atoms with Crippen LogP contribution in [0.5, 0.6) is 0 Å². The summed E-state index contributed by atoms with van der Waals surface area (Å²) in [7, 11) is 0. The van der Waals surface area contributed by atoms with Crippen molar-refractivity contribution in [1.82, 2.24) is 0 Å². The van der Waals surface area contributed by atoms with E-state index in [-0.39, 0.29) is 17.3 Å². The van der Waals surface area contributed by atoms with Gasteiger partial charge in [-0.2, -0.15) is 0 Å². The van der Waals surface area contributed by atoms with E-state index in [1.165, 1.54) is 18.7 Å².